The molecule has 1 amide bonds. The lowest BCUT2D eigenvalue weighted by Crippen LogP contribution is -2.20. The van der Waals surface area contributed by atoms with Crippen LogP contribution >= 0.6 is 11.6 Å². The van der Waals surface area contributed by atoms with Crippen molar-refractivity contribution in [1.82, 2.24) is 0 Å². The first kappa shape index (κ1) is 10.0. The first-order valence-electron chi connectivity index (χ1n) is 3.89. The van der Waals surface area contributed by atoms with Gasteiger partial charge in [0, 0.05) is 17.5 Å². The predicted molar refractivity (Wildman–Crippen MR) is 52.2 cm³/mol. The Labute approximate surface area is 81.7 Å². The van der Waals surface area contributed by atoms with Gasteiger partial charge in [0.1, 0.15) is 0 Å². The van der Waals surface area contributed by atoms with Crippen molar-refractivity contribution in [3.63, 3.8) is 0 Å². The van der Waals surface area contributed by atoms with E-state index in [1.807, 2.05) is 6.07 Å². The minimum Gasteiger partial charge on any atom is -0.370 e. The second kappa shape index (κ2) is 4.25. The van der Waals surface area contributed by atoms with Crippen LogP contribution in [0.2, 0.25) is 5.02 Å². The molecule has 0 unspecified atom stereocenters. The number of carbonyl (C=O) groups excluding carboxylic acids is 1. The summed E-state index contributed by atoms with van der Waals surface area (Å²) >= 11 is 5.75. The van der Waals surface area contributed by atoms with Gasteiger partial charge in [-0.25, -0.2) is 0 Å². The van der Waals surface area contributed by atoms with Crippen molar-refractivity contribution >= 4 is 17.5 Å². The molecule has 0 aromatic heterocycles. The van der Waals surface area contributed by atoms with E-state index in [-0.39, 0.29) is 12.5 Å². The Kier molecular flexibility index (Phi) is 3.28. The number of hydrogen-bond acceptors (Lipinski definition) is 2. The van der Waals surface area contributed by atoms with Gasteiger partial charge in [-0.05, 0) is 17.7 Å². The Morgan fingerprint density at radius 3 is 2.77 bits per heavy atom. The molecule has 4 heteroatoms. The van der Waals surface area contributed by atoms with Crippen molar-refractivity contribution in [2.75, 3.05) is 0 Å². The number of carbonyl (C=O) groups is 1. The molecule has 0 fully saturated rings. The third-order valence-electron chi connectivity index (χ3n) is 1.70. The van der Waals surface area contributed by atoms with Crippen molar-refractivity contribution < 1.29 is 4.79 Å². The van der Waals surface area contributed by atoms with E-state index in [0.29, 0.717) is 5.02 Å². The van der Waals surface area contributed by atoms with Crippen molar-refractivity contribution in [2.45, 2.75) is 12.5 Å². The zero-order chi connectivity index (χ0) is 9.84. The molecule has 0 spiro atoms. The number of hydrogen-bond donors (Lipinski definition) is 2. The predicted octanol–water partition coefficient (Wildman–Crippen LogP) is 1.22. The quantitative estimate of drug-likeness (QED) is 0.767. The summed E-state index contributed by atoms with van der Waals surface area (Å²) in [6, 6.07) is 6.73. The summed E-state index contributed by atoms with van der Waals surface area (Å²) < 4.78 is 0. The second-order valence-corrected chi connectivity index (χ2v) is 3.27. The third kappa shape index (κ3) is 3.05. The first-order valence-corrected chi connectivity index (χ1v) is 4.26. The lowest BCUT2D eigenvalue weighted by Gasteiger charge is -2.09. The Bertz CT molecular complexity index is 314. The summed E-state index contributed by atoms with van der Waals surface area (Å²) in [6.45, 7) is 0. The maximum absolute atomic E-state index is 10.6. The van der Waals surface area contributed by atoms with Gasteiger partial charge in [0.15, 0.2) is 0 Å². The van der Waals surface area contributed by atoms with Gasteiger partial charge < -0.3 is 11.5 Å². The standard InChI is InChI=1S/C9H11ClN2O/c10-7-3-1-2-6(4-7)8(11)5-9(12)13/h1-4,8H,5,11H2,(H2,12,13)/t8-/m1/s1. The maximum Gasteiger partial charge on any atom is 0.219 e. The number of amides is 1. The van der Waals surface area contributed by atoms with Crippen molar-refractivity contribution in [3.8, 4) is 0 Å². The highest BCUT2D eigenvalue weighted by Crippen LogP contribution is 2.17. The third-order valence-corrected chi connectivity index (χ3v) is 1.93. The molecule has 3 nitrogen and oxygen atoms in total. The van der Waals surface area contributed by atoms with Gasteiger partial charge in [-0.1, -0.05) is 23.7 Å². The zero-order valence-corrected chi connectivity index (χ0v) is 7.79. The molecule has 0 heterocycles. The molecule has 1 aromatic carbocycles. The van der Waals surface area contributed by atoms with E-state index in [9.17, 15) is 4.79 Å². The van der Waals surface area contributed by atoms with Crippen LogP contribution in [0.1, 0.15) is 18.0 Å². The summed E-state index contributed by atoms with van der Waals surface area (Å²) in [6.07, 6.45) is 0.139. The second-order valence-electron chi connectivity index (χ2n) is 2.83. The normalized spacial score (nSPS) is 12.5. The summed E-state index contributed by atoms with van der Waals surface area (Å²) in [7, 11) is 0. The van der Waals surface area contributed by atoms with E-state index < -0.39 is 5.91 Å². The molecule has 70 valence electrons. The maximum atomic E-state index is 10.6. The molecule has 4 N–H and O–H groups in total. The fourth-order valence-corrected chi connectivity index (χ4v) is 1.27. The number of primary amides is 1. The fraction of sp³-hybridized carbons (Fsp3) is 0.222. The van der Waals surface area contributed by atoms with Crippen molar-refractivity contribution in [2.24, 2.45) is 11.5 Å². The fourth-order valence-electron chi connectivity index (χ4n) is 1.07. The van der Waals surface area contributed by atoms with Crippen LogP contribution in [0.5, 0.6) is 0 Å². The van der Waals surface area contributed by atoms with Gasteiger partial charge in [0.2, 0.25) is 5.91 Å². The summed E-state index contributed by atoms with van der Waals surface area (Å²) in [5.41, 5.74) is 11.5. The first-order chi connectivity index (χ1) is 6.09. The Hall–Kier alpha value is -1.06. The minimum absolute atomic E-state index is 0.139. The number of nitrogens with two attached hydrogens (primary N) is 2. The van der Waals surface area contributed by atoms with Gasteiger partial charge in [0.25, 0.3) is 0 Å². The molecule has 1 aromatic rings. The van der Waals surface area contributed by atoms with E-state index >= 15 is 0 Å². The molecule has 1 rings (SSSR count). The molecule has 0 bridgehead atoms. The summed E-state index contributed by atoms with van der Waals surface area (Å²) in [5.74, 6) is -0.410. The highest BCUT2D eigenvalue weighted by atomic mass is 35.5. The monoisotopic (exact) mass is 198 g/mol. The number of benzene rings is 1. The average molecular weight is 199 g/mol. The van der Waals surface area contributed by atoms with Crippen LogP contribution in [0.3, 0.4) is 0 Å². The zero-order valence-electron chi connectivity index (χ0n) is 7.03. The van der Waals surface area contributed by atoms with Crippen LogP contribution in [-0.4, -0.2) is 5.91 Å². The Morgan fingerprint density at radius 1 is 1.54 bits per heavy atom. The van der Waals surface area contributed by atoms with Gasteiger partial charge in [-0.15, -0.1) is 0 Å². The van der Waals surface area contributed by atoms with Crippen LogP contribution in [0.15, 0.2) is 24.3 Å². The SMILES string of the molecule is NC(=O)C[C@@H](N)c1cccc(Cl)c1. The smallest absolute Gasteiger partial charge is 0.219 e. The van der Waals surface area contributed by atoms with E-state index in [0.717, 1.165) is 5.56 Å². The molecule has 0 aliphatic heterocycles. The van der Waals surface area contributed by atoms with E-state index in [1.165, 1.54) is 0 Å². The van der Waals surface area contributed by atoms with E-state index in [2.05, 4.69) is 0 Å². The molecule has 13 heavy (non-hydrogen) atoms. The van der Waals surface area contributed by atoms with Gasteiger partial charge in [0.05, 0.1) is 0 Å². The molecule has 1 atom stereocenters. The van der Waals surface area contributed by atoms with E-state index in [4.69, 9.17) is 23.1 Å². The van der Waals surface area contributed by atoms with Crippen LogP contribution < -0.4 is 11.5 Å². The highest BCUT2D eigenvalue weighted by molar-refractivity contribution is 6.30. The van der Waals surface area contributed by atoms with Crippen LogP contribution in [-0.2, 0) is 4.79 Å². The largest absolute Gasteiger partial charge is 0.370 e. The van der Waals surface area contributed by atoms with E-state index in [1.54, 1.807) is 18.2 Å². The van der Waals surface area contributed by atoms with Gasteiger partial charge in [-0.2, -0.15) is 0 Å². The number of halogens is 1. The number of rotatable bonds is 3. The van der Waals surface area contributed by atoms with Gasteiger partial charge in [-0.3, -0.25) is 4.79 Å². The minimum atomic E-state index is -0.410. The molecular weight excluding hydrogens is 188 g/mol. The molecule has 0 saturated carbocycles. The van der Waals surface area contributed by atoms with Gasteiger partial charge >= 0.3 is 0 Å². The molecular formula is C9H11ClN2O. The van der Waals surface area contributed by atoms with Crippen LogP contribution in [0.25, 0.3) is 0 Å². The lowest BCUT2D eigenvalue weighted by atomic mass is 10.0. The molecule has 0 aliphatic rings. The van der Waals surface area contributed by atoms with Crippen LogP contribution in [0, 0.1) is 0 Å². The van der Waals surface area contributed by atoms with Crippen molar-refractivity contribution in [1.29, 1.82) is 0 Å². The average Bonchev–Trinajstić information content (AvgIpc) is 2.03. The molecule has 0 saturated heterocycles. The van der Waals surface area contributed by atoms with Crippen molar-refractivity contribution in [3.05, 3.63) is 34.9 Å². The summed E-state index contributed by atoms with van der Waals surface area (Å²) in [4.78, 5) is 10.6. The molecule has 0 radical (unpaired) electrons. The Morgan fingerprint density at radius 2 is 2.23 bits per heavy atom. The molecule has 0 aliphatic carbocycles. The summed E-state index contributed by atoms with van der Waals surface area (Å²) in [5, 5.41) is 0.609. The topological polar surface area (TPSA) is 69.1 Å². The highest BCUT2D eigenvalue weighted by Gasteiger charge is 2.08. The Balaban J connectivity index is 2.76. The lowest BCUT2D eigenvalue weighted by molar-refractivity contribution is -0.118. The van der Waals surface area contributed by atoms with Crippen LogP contribution in [0.4, 0.5) is 0 Å².